The first-order chi connectivity index (χ1) is 18.1. The Labute approximate surface area is 218 Å². The van der Waals surface area contributed by atoms with E-state index < -0.39 is 44.8 Å². The highest BCUT2D eigenvalue weighted by Crippen LogP contribution is 2.41. The van der Waals surface area contributed by atoms with Gasteiger partial charge in [-0.25, -0.2) is 8.42 Å². The molecule has 0 bridgehead atoms. The molecule has 0 saturated heterocycles. The molecule has 0 atom stereocenters. The van der Waals surface area contributed by atoms with Crippen LogP contribution in [0.5, 0.6) is 23.0 Å². The zero-order valence-electron chi connectivity index (χ0n) is 19.5. The number of hydrogen-bond acceptors (Lipinski definition) is 6. The van der Waals surface area contributed by atoms with Crippen molar-refractivity contribution < 1.29 is 44.2 Å². The van der Waals surface area contributed by atoms with E-state index in [0.29, 0.717) is 0 Å². The highest BCUT2D eigenvalue weighted by Gasteiger charge is 2.35. The lowest BCUT2D eigenvalue weighted by atomic mass is 10.1. The first-order valence-electron chi connectivity index (χ1n) is 10.9. The van der Waals surface area contributed by atoms with Crippen molar-refractivity contribution in [3.63, 3.8) is 0 Å². The number of anilines is 2. The lowest BCUT2D eigenvalue weighted by molar-refractivity contribution is -0.139. The molecule has 4 aromatic rings. The zero-order chi connectivity index (χ0) is 28.6. The summed E-state index contributed by atoms with van der Waals surface area (Å²) < 4.78 is 118. The van der Waals surface area contributed by atoms with Gasteiger partial charge in [0.2, 0.25) is 9.84 Å². The molecule has 0 aromatic heterocycles. The second-order valence-electron chi connectivity index (χ2n) is 8.16. The molecule has 0 radical (unpaired) electrons. The maximum absolute atomic E-state index is 13.4. The number of halogens is 6. The molecule has 4 aromatic carbocycles. The molecule has 0 aliphatic heterocycles. The zero-order valence-corrected chi connectivity index (χ0v) is 20.4. The molecule has 204 valence electrons. The van der Waals surface area contributed by atoms with Gasteiger partial charge in [-0.15, -0.1) is 0 Å². The average Bonchev–Trinajstić information content (AvgIpc) is 2.83. The summed E-state index contributed by atoms with van der Waals surface area (Å²) in [4.78, 5) is -0.705. The first kappa shape index (κ1) is 27.6. The van der Waals surface area contributed by atoms with Crippen LogP contribution in [0.25, 0.3) is 0 Å². The van der Waals surface area contributed by atoms with Gasteiger partial charge in [0.25, 0.3) is 0 Å². The van der Waals surface area contributed by atoms with Gasteiger partial charge in [-0.05, 0) is 60.7 Å². The summed E-state index contributed by atoms with van der Waals surface area (Å²) in [6.45, 7) is 0. The van der Waals surface area contributed by atoms with Crippen molar-refractivity contribution in [2.75, 3.05) is 11.5 Å². The van der Waals surface area contributed by atoms with Gasteiger partial charge in [-0.1, -0.05) is 12.1 Å². The van der Waals surface area contributed by atoms with Crippen molar-refractivity contribution in [2.45, 2.75) is 22.1 Å². The third-order valence-corrected chi connectivity index (χ3v) is 7.06. The van der Waals surface area contributed by atoms with Gasteiger partial charge < -0.3 is 20.9 Å². The highest BCUT2D eigenvalue weighted by atomic mass is 32.2. The van der Waals surface area contributed by atoms with E-state index in [9.17, 15) is 34.8 Å². The lowest BCUT2D eigenvalue weighted by Gasteiger charge is -2.15. The van der Waals surface area contributed by atoms with Crippen LogP contribution in [-0.2, 0) is 22.2 Å². The van der Waals surface area contributed by atoms with Crippen molar-refractivity contribution in [1.29, 1.82) is 0 Å². The summed E-state index contributed by atoms with van der Waals surface area (Å²) >= 11 is 0. The van der Waals surface area contributed by atoms with Gasteiger partial charge in [0, 0.05) is 23.5 Å². The summed E-state index contributed by atoms with van der Waals surface area (Å²) in [5, 5.41) is 0. The molecule has 0 spiro atoms. The Hall–Kier alpha value is -4.39. The molecule has 6 nitrogen and oxygen atoms in total. The van der Waals surface area contributed by atoms with E-state index in [0.717, 1.165) is 48.5 Å². The van der Waals surface area contributed by atoms with E-state index in [2.05, 4.69) is 0 Å². The minimum atomic E-state index is -4.76. The van der Waals surface area contributed by atoms with E-state index in [1.54, 1.807) is 0 Å². The highest BCUT2D eigenvalue weighted by molar-refractivity contribution is 7.91. The van der Waals surface area contributed by atoms with E-state index in [-0.39, 0.29) is 32.7 Å². The van der Waals surface area contributed by atoms with Crippen molar-refractivity contribution in [2.24, 2.45) is 0 Å². The molecular weight excluding hydrogens is 550 g/mol. The third kappa shape index (κ3) is 6.20. The third-order valence-electron chi connectivity index (χ3n) is 5.31. The number of ether oxygens (including phenoxy) is 2. The average molecular weight is 568 g/mol. The van der Waals surface area contributed by atoms with E-state index in [1.165, 1.54) is 36.4 Å². The SMILES string of the molecule is Nc1ccc(C(F)(F)F)c(Oc2cccc(S(=O)(=O)c3cccc(Oc4cc(N)ccc4C(F)(F)F)c3)c2)c1. The van der Waals surface area contributed by atoms with Crippen molar-refractivity contribution >= 4 is 21.2 Å². The Bertz CT molecular complexity index is 1520. The van der Waals surface area contributed by atoms with Crippen LogP contribution in [0.2, 0.25) is 0 Å². The molecule has 0 aliphatic rings. The molecule has 13 heteroatoms. The smallest absolute Gasteiger partial charge is 0.419 e. The minimum absolute atomic E-state index is 0.00700. The van der Waals surface area contributed by atoms with Crippen LogP contribution < -0.4 is 20.9 Å². The molecule has 4 N–H and O–H groups in total. The number of alkyl halides is 6. The van der Waals surface area contributed by atoms with Crippen LogP contribution in [0, 0.1) is 0 Å². The fraction of sp³-hybridized carbons (Fsp3) is 0.0769. The first-order valence-corrected chi connectivity index (χ1v) is 12.4. The Kier molecular flexibility index (Phi) is 7.13. The van der Waals surface area contributed by atoms with Crippen LogP contribution in [0.4, 0.5) is 37.7 Å². The quantitative estimate of drug-likeness (QED) is 0.187. The summed E-state index contributed by atoms with van der Waals surface area (Å²) in [6.07, 6.45) is -9.52. The predicted molar refractivity (Wildman–Crippen MR) is 130 cm³/mol. The van der Waals surface area contributed by atoms with E-state index in [1.807, 2.05) is 0 Å². The molecule has 0 unspecified atom stereocenters. The van der Waals surface area contributed by atoms with Crippen LogP contribution in [0.15, 0.2) is 94.7 Å². The van der Waals surface area contributed by atoms with Crippen LogP contribution in [0.3, 0.4) is 0 Å². The summed E-state index contributed by atoms with van der Waals surface area (Å²) in [5.41, 5.74) is 8.93. The Balaban J connectivity index is 1.67. The standard InChI is InChI=1S/C26H18F6N2O4S/c27-25(28,29)21-9-7-15(33)11-23(21)37-17-3-1-5-19(13-17)39(35,36)20-6-2-4-18(14-20)38-24-12-16(34)8-10-22(24)26(30,31)32/h1-14H,33-34H2. The van der Waals surface area contributed by atoms with Crippen molar-refractivity contribution in [1.82, 2.24) is 0 Å². The largest absolute Gasteiger partial charge is 0.457 e. The maximum atomic E-state index is 13.4. The Morgan fingerprint density at radius 1 is 0.564 bits per heavy atom. The van der Waals surface area contributed by atoms with Gasteiger partial charge in [0.05, 0.1) is 20.9 Å². The Morgan fingerprint density at radius 2 is 0.949 bits per heavy atom. The molecule has 0 heterocycles. The van der Waals surface area contributed by atoms with Gasteiger partial charge in [-0.3, -0.25) is 0 Å². The summed E-state index contributed by atoms with van der Waals surface area (Å²) in [6, 6.07) is 14.9. The molecule has 0 fully saturated rings. The number of rotatable bonds is 6. The van der Waals surface area contributed by atoms with Crippen LogP contribution in [-0.4, -0.2) is 8.42 Å². The molecule has 0 aliphatic carbocycles. The molecule has 39 heavy (non-hydrogen) atoms. The number of sulfone groups is 1. The molecule has 4 rings (SSSR count). The fourth-order valence-corrected chi connectivity index (χ4v) is 4.85. The minimum Gasteiger partial charge on any atom is -0.457 e. The molecule has 0 amide bonds. The normalized spacial score (nSPS) is 12.3. The van der Waals surface area contributed by atoms with Crippen LogP contribution in [0.1, 0.15) is 11.1 Å². The maximum Gasteiger partial charge on any atom is 0.419 e. The number of benzene rings is 4. The van der Waals surface area contributed by atoms with E-state index in [4.69, 9.17) is 20.9 Å². The molecule has 0 saturated carbocycles. The van der Waals surface area contributed by atoms with E-state index >= 15 is 0 Å². The van der Waals surface area contributed by atoms with Crippen LogP contribution >= 0.6 is 0 Å². The number of nitrogen functional groups attached to an aromatic ring is 2. The van der Waals surface area contributed by atoms with Crippen molar-refractivity contribution in [3.8, 4) is 23.0 Å². The topological polar surface area (TPSA) is 105 Å². The predicted octanol–water partition coefficient (Wildman–Crippen LogP) is 7.31. The second kappa shape index (κ2) is 10.1. The van der Waals surface area contributed by atoms with Gasteiger partial charge in [-0.2, -0.15) is 26.3 Å². The fourth-order valence-electron chi connectivity index (χ4n) is 3.51. The Morgan fingerprint density at radius 3 is 1.31 bits per heavy atom. The van der Waals surface area contributed by atoms with Gasteiger partial charge in [0.15, 0.2) is 0 Å². The lowest BCUT2D eigenvalue weighted by Crippen LogP contribution is -2.08. The summed E-state index contributed by atoms with van der Waals surface area (Å²) in [5.74, 6) is -1.71. The number of nitrogens with two attached hydrogens (primary N) is 2. The van der Waals surface area contributed by atoms with Gasteiger partial charge in [0.1, 0.15) is 23.0 Å². The van der Waals surface area contributed by atoms with Crippen molar-refractivity contribution in [3.05, 3.63) is 96.1 Å². The second-order valence-corrected chi connectivity index (χ2v) is 10.1. The molecular formula is C26H18F6N2O4S. The van der Waals surface area contributed by atoms with Gasteiger partial charge >= 0.3 is 12.4 Å². The number of hydrogen-bond donors (Lipinski definition) is 2. The summed E-state index contributed by atoms with van der Waals surface area (Å²) in [7, 11) is -4.32. The monoisotopic (exact) mass is 568 g/mol.